The fraction of sp³-hybridized carbons (Fsp3) is 0.697. The first-order valence-corrected chi connectivity index (χ1v) is 16.1. The van der Waals surface area contributed by atoms with Crippen molar-refractivity contribution in [2.24, 2.45) is 22.9 Å². The Balaban J connectivity index is 1.32. The number of aliphatic carboxylic acids is 1. The van der Waals surface area contributed by atoms with Gasteiger partial charge in [-0.3, -0.25) is 14.5 Å². The third-order valence-corrected chi connectivity index (χ3v) is 10.5. The normalized spacial score (nSPS) is 32.1. The molecule has 8 heteroatoms. The summed E-state index contributed by atoms with van der Waals surface area (Å²) in [6.07, 6.45) is 13.9. The number of fused-ring (bicyclic) bond motifs is 5. The third kappa shape index (κ3) is 5.81. The molecule has 7 atom stereocenters. The van der Waals surface area contributed by atoms with Crippen LogP contribution in [-0.2, 0) is 9.63 Å². The molecule has 1 aromatic heterocycles. The van der Waals surface area contributed by atoms with E-state index >= 15 is 0 Å². The molecule has 8 nitrogen and oxygen atoms in total. The van der Waals surface area contributed by atoms with Gasteiger partial charge in [0.25, 0.3) is 5.56 Å². The van der Waals surface area contributed by atoms with Gasteiger partial charge in [-0.05, 0) is 94.6 Å². The van der Waals surface area contributed by atoms with Gasteiger partial charge in [-0.25, -0.2) is 4.98 Å². The van der Waals surface area contributed by atoms with Gasteiger partial charge in [-0.1, -0.05) is 37.1 Å². The zero-order valence-electron chi connectivity index (χ0n) is 24.7. The Bertz CT molecular complexity index is 1310. The van der Waals surface area contributed by atoms with Crippen LogP contribution in [0.25, 0.3) is 11.0 Å². The summed E-state index contributed by atoms with van der Waals surface area (Å²) in [7, 11) is 0. The highest BCUT2D eigenvalue weighted by Gasteiger charge is 2.46. The predicted molar refractivity (Wildman–Crippen MR) is 160 cm³/mol. The van der Waals surface area contributed by atoms with Crippen molar-refractivity contribution in [2.75, 3.05) is 6.61 Å². The molecule has 41 heavy (non-hydrogen) atoms. The second-order valence-corrected chi connectivity index (χ2v) is 13.1. The van der Waals surface area contributed by atoms with Crippen LogP contribution in [0, 0.1) is 17.8 Å². The van der Waals surface area contributed by atoms with Crippen molar-refractivity contribution < 1.29 is 14.7 Å². The molecule has 4 fully saturated rings. The Morgan fingerprint density at radius 1 is 0.951 bits per heavy atom. The Morgan fingerprint density at radius 3 is 2.32 bits per heavy atom. The molecule has 1 N–H and O–H groups in total. The zero-order chi connectivity index (χ0) is 28.5. The molecule has 1 aromatic carbocycles. The van der Waals surface area contributed by atoms with E-state index < -0.39 is 5.97 Å². The highest BCUT2D eigenvalue weighted by Crippen LogP contribution is 2.49. The Hall–Kier alpha value is -2.74. The fourth-order valence-electron chi connectivity index (χ4n) is 9.01. The standard InChI is InChI=1S/C33H46N4O4/c1-3-21-14-22-16-23(15-21)18-26(17-22)36-24-8-7-9-25(36)20-27(19-24)37-30-11-6-5-10-28(30)34-32(33(37)40)29(35-41-4-2)12-13-31(38)39/h5-6,10-11,21-27H,3-4,7-9,12-20H2,1-2H3,(H,38,39)/b35-29+/t21-,22-,23+,24-,25+,26?,27?. The number of carbonyl (C=O) groups is 1. The molecule has 3 heterocycles. The summed E-state index contributed by atoms with van der Waals surface area (Å²) in [5.41, 5.74) is 1.94. The number of carboxylic acids is 1. The summed E-state index contributed by atoms with van der Waals surface area (Å²) >= 11 is 0. The van der Waals surface area contributed by atoms with Crippen molar-refractivity contribution in [1.29, 1.82) is 0 Å². The maximum atomic E-state index is 14.2. The highest BCUT2D eigenvalue weighted by atomic mass is 16.6. The number of hydrogen-bond acceptors (Lipinski definition) is 6. The predicted octanol–water partition coefficient (Wildman–Crippen LogP) is 6.16. The first-order valence-electron chi connectivity index (χ1n) is 16.1. The van der Waals surface area contributed by atoms with Crippen LogP contribution < -0.4 is 5.56 Å². The Morgan fingerprint density at radius 2 is 1.66 bits per heavy atom. The number of hydrogen-bond donors (Lipinski definition) is 1. The molecule has 2 aromatic rings. The summed E-state index contributed by atoms with van der Waals surface area (Å²) in [6, 6.07) is 9.62. The van der Waals surface area contributed by atoms with Crippen LogP contribution in [0.3, 0.4) is 0 Å². The van der Waals surface area contributed by atoms with Gasteiger partial charge in [-0.15, -0.1) is 0 Å². The number of para-hydroxylation sites is 2. The monoisotopic (exact) mass is 562 g/mol. The van der Waals surface area contributed by atoms with E-state index in [9.17, 15) is 14.7 Å². The highest BCUT2D eigenvalue weighted by molar-refractivity contribution is 6.00. The fourth-order valence-corrected chi connectivity index (χ4v) is 9.01. The van der Waals surface area contributed by atoms with E-state index in [0.29, 0.717) is 30.4 Å². The molecule has 2 saturated heterocycles. The zero-order valence-corrected chi connectivity index (χ0v) is 24.7. The van der Waals surface area contributed by atoms with Crippen molar-refractivity contribution in [1.82, 2.24) is 14.5 Å². The maximum Gasteiger partial charge on any atom is 0.303 e. The molecular formula is C33H46N4O4. The average molecular weight is 563 g/mol. The average Bonchev–Trinajstić information content (AvgIpc) is 2.96. The van der Waals surface area contributed by atoms with Gasteiger partial charge in [0, 0.05) is 30.6 Å². The van der Waals surface area contributed by atoms with Gasteiger partial charge in [0.1, 0.15) is 12.3 Å². The van der Waals surface area contributed by atoms with Crippen molar-refractivity contribution in [2.45, 2.75) is 121 Å². The first-order chi connectivity index (χ1) is 19.9. The third-order valence-electron chi connectivity index (χ3n) is 10.5. The molecule has 4 bridgehead atoms. The lowest BCUT2D eigenvalue weighted by Gasteiger charge is -2.56. The van der Waals surface area contributed by atoms with Gasteiger partial charge in [-0.2, -0.15) is 0 Å². The number of piperidine rings is 2. The van der Waals surface area contributed by atoms with Crippen LogP contribution in [-0.4, -0.2) is 56.0 Å². The number of carboxylic acid groups (broad SMARTS) is 1. The van der Waals surface area contributed by atoms with Crippen molar-refractivity contribution in [3.63, 3.8) is 0 Å². The number of oxime groups is 1. The first kappa shape index (κ1) is 28.4. The molecule has 2 aliphatic heterocycles. The lowest BCUT2D eigenvalue weighted by atomic mass is 9.64. The van der Waals surface area contributed by atoms with Crippen LogP contribution in [0.4, 0.5) is 0 Å². The number of rotatable bonds is 9. The number of aromatic nitrogens is 2. The van der Waals surface area contributed by atoms with Crippen LogP contribution >= 0.6 is 0 Å². The van der Waals surface area contributed by atoms with Gasteiger partial charge in [0.15, 0.2) is 5.69 Å². The Labute approximate surface area is 243 Å². The van der Waals surface area contributed by atoms with Crippen LogP contribution in [0.5, 0.6) is 0 Å². The summed E-state index contributed by atoms with van der Waals surface area (Å²) in [5, 5.41) is 13.5. The molecule has 0 spiro atoms. The van der Waals surface area contributed by atoms with Crippen molar-refractivity contribution in [3.05, 3.63) is 40.3 Å². The topological polar surface area (TPSA) is 97.0 Å². The van der Waals surface area contributed by atoms with Gasteiger partial charge in [0.05, 0.1) is 17.5 Å². The smallest absolute Gasteiger partial charge is 0.303 e. The minimum absolute atomic E-state index is 0.0843. The summed E-state index contributed by atoms with van der Waals surface area (Å²) in [5.74, 6) is 1.77. The summed E-state index contributed by atoms with van der Waals surface area (Å²) in [4.78, 5) is 38.6. The minimum Gasteiger partial charge on any atom is -0.481 e. The summed E-state index contributed by atoms with van der Waals surface area (Å²) < 4.78 is 1.98. The molecule has 2 unspecified atom stereocenters. The molecule has 4 aliphatic rings. The molecule has 0 amide bonds. The van der Waals surface area contributed by atoms with Crippen molar-refractivity contribution in [3.8, 4) is 0 Å². The van der Waals surface area contributed by atoms with Crippen LogP contribution in [0.2, 0.25) is 0 Å². The van der Waals surface area contributed by atoms with Gasteiger partial charge >= 0.3 is 5.97 Å². The number of benzene rings is 1. The summed E-state index contributed by atoms with van der Waals surface area (Å²) in [6.45, 7) is 4.52. The van der Waals surface area contributed by atoms with Gasteiger partial charge < -0.3 is 14.5 Å². The van der Waals surface area contributed by atoms with E-state index in [1.54, 1.807) is 0 Å². The molecule has 0 radical (unpaired) electrons. The second-order valence-electron chi connectivity index (χ2n) is 13.1. The SMILES string of the molecule is CCO/N=C(\CCC(=O)O)c1nc2ccccc2n(C2C[C@H]3CCC[C@@H](C2)N3C2C[C@@H]3C[C@@H](CC)C[C@H](C2)C3)c1=O. The lowest BCUT2D eigenvalue weighted by molar-refractivity contribution is -0.136. The maximum absolute atomic E-state index is 14.2. The van der Waals surface area contributed by atoms with Gasteiger partial charge in [0.2, 0.25) is 0 Å². The molecule has 2 aliphatic carbocycles. The molecule has 6 rings (SSSR count). The quantitative estimate of drug-likeness (QED) is 0.290. The lowest BCUT2D eigenvalue weighted by Crippen LogP contribution is -2.59. The number of nitrogens with zero attached hydrogens (tertiary/aromatic N) is 4. The molecule has 222 valence electrons. The van der Waals surface area contributed by atoms with E-state index in [1.165, 1.54) is 57.8 Å². The molecular weight excluding hydrogens is 516 g/mol. The van der Waals surface area contributed by atoms with E-state index in [4.69, 9.17) is 9.82 Å². The van der Waals surface area contributed by atoms with E-state index in [1.807, 2.05) is 35.8 Å². The van der Waals surface area contributed by atoms with Crippen LogP contribution in [0.15, 0.2) is 34.2 Å². The second kappa shape index (κ2) is 12.2. The Kier molecular flexibility index (Phi) is 8.47. The minimum atomic E-state index is -0.937. The van der Waals surface area contributed by atoms with Crippen LogP contribution in [0.1, 0.15) is 109 Å². The van der Waals surface area contributed by atoms with E-state index in [0.717, 1.165) is 41.6 Å². The molecule has 2 saturated carbocycles. The van der Waals surface area contributed by atoms with E-state index in [2.05, 4.69) is 17.0 Å². The van der Waals surface area contributed by atoms with Crippen molar-refractivity contribution >= 4 is 22.7 Å². The largest absolute Gasteiger partial charge is 0.481 e. The van der Waals surface area contributed by atoms with E-state index in [-0.39, 0.29) is 30.1 Å².